The van der Waals surface area contributed by atoms with Gasteiger partial charge in [-0.05, 0) is 24.6 Å². The average Bonchev–Trinajstić information content (AvgIpc) is 2.75. The molecule has 0 bridgehead atoms. The highest BCUT2D eigenvalue weighted by atomic mass is 127. The van der Waals surface area contributed by atoms with Crippen molar-refractivity contribution in [2.75, 3.05) is 63.2 Å². The predicted molar refractivity (Wildman–Crippen MR) is 127 cm³/mol. The van der Waals surface area contributed by atoms with Crippen LogP contribution in [0.2, 0.25) is 0 Å². The maximum atomic E-state index is 4.45. The third kappa shape index (κ3) is 6.22. The van der Waals surface area contributed by atoms with E-state index in [4.69, 9.17) is 0 Å². The molecular weight excluding hydrogens is 465 g/mol. The summed E-state index contributed by atoms with van der Waals surface area (Å²) in [5.41, 5.74) is 1.25. The zero-order valence-electron chi connectivity index (χ0n) is 16.7. The number of piperazine rings is 1. The summed E-state index contributed by atoms with van der Waals surface area (Å²) in [4.78, 5) is 19.9. The van der Waals surface area contributed by atoms with E-state index in [1.54, 1.807) is 12.4 Å². The molecule has 0 saturated carbocycles. The van der Waals surface area contributed by atoms with Gasteiger partial charge in [0.2, 0.25) is 5.95 Å². The molecule has 0 amide bonds. The zero-order chi connectivity index (χ0) is 18.9. The molecule has 1 saturated heterocycles. The Morgan fingerprint density at radius 3 is 2.39 bits per heavy atom. The lowest BCUT2D eigenvalue weighted by Gasteiger charge is -2.36. The van der Waals surface area contributed by atoms with Gasteiger partial charge in [0.05, 0.1) is 0 Å². The molecule has 1 aliphatic rings. The van der Waals surface area contributed by atoms with Crippen LogP contribution in [0.4, 0.5) is 11.6 Å². The number of aromatic nitrogens is 2. The highest BCUT2D eigenvalue weighted by Crippen LogP contribution is 2.11. The lowest BCUT2D eigenvalue weighted by molar-refractivity contribution is 0.370. The van der Waals surface area contributed by atoms with Crippen molar-refractivity contribution in [2.45, 2.75) is 6.42 Å². The molecule has 0 unspecified atom stereocenters. The Balaban J connectivity index is 0.00000280. The Labute approximate surface area is 184 Å². The lowest BCUT2D eigenvalue weighted by Crippen LogP contribution is -2.53. The Morgan fingerprint density at radius 2 is 1.75 bits per heavy atom. The van der Waals surface area contributed by atoms with E-state index < -0.39 is 0 Å². The van der Waals surface area contributed by atoms with Crippen LogP contribution in [0, 0.1) is 0 Å². The van der Waals surface area contributed by atoms with Crippen molar-refractivity contribution in [3.8, 4) is 0 Å². The molecule has 2 heterocycles. The Kier molecular flexibility index (Phi) is 9.26. The van der Waals surface area contributed by atoms with Gasteiger partial charge in [0, 0.05) is 71.4 Å². The fourth-order valence-electron chi connectivity index (χ4n) is 3.23. The van der Waals surface area contributed by atoms with Gasteiger partial charge in [0.25, 0.3) is 0 Å². The minimum atomic E-state index is 0. The molecule has 0 aliphatic carbocycles. The summed E-state index contributed by atoms with van der Waals surface area (Å²) in [6, 6.07) is 12.3. The molecular formula is C20H30IN7. The number of hydrogen-bond donors (Lipinski definition) is 1. The summed E-state index contributed by atoms with van der Waals surface area (Å²) >= 11 is 0. The van der Waals surface area contributed by atoms with Gasteiger partial charge in [-0.15, -0.1) is 24.0 Å². The van der Waals surface area contributed by atoms with Crippen LogP contribution in [-0.4, -0.2) is 74.2 Å². The van der Waals surface area contributed by atoms with Crippen LogP contribution < -0.4 is 15.1 Å². The third-order valence-electron chi connectivity index (χ3n) is 4.78. The second kappa shape index (κ2) is 11.7. The highest BCUT2D eigenvalue weighted by Gasteiger charge is 2.20. The summed E-state index contributed by atoms with van der Waals surface area (Å²) in [5, 5.41) is 3.50. The van der Waals surface area contributed by atoms with Crippen LogP contribution in [0.3, 0.4) is 0 Å². The van der Waals surface area contributed by atoms with Crippen LogP contribution in [-0.2, 0) is 0 Å². The number of anilines is 2. The average molecular weight is 495 g/mol. The monoisotopic (exact) mass is 495 g/mol. The first-order valence-corrected chi connectivity index (χ1v) is 9.51. The van der Waals surface area contributed by atoms with Gasteiger partial charge in [-0.25, -0.2) is 9.97 Å². The number of halogens is 1. The third-order valence-corrected chi connectivity index (χ3v) is 4.78. The van der Waals surface area contributed by atoms with Crippen molar-refractivity contribution in [2.24, 2.45) is 4.99 Å². The molecule has 0 atom stereocenters. The zero-order valence-corrected chi connectivity index (χ0v) is 19.0. The van der Waals surface area contributed by atoms with Crippen molar-refractivity contribution in [3.05, 3.63) is 48.8 Å². The quantitative estimate of drug-likeness (QED) is 0.288. The molecule has 8 heteroatoms. The molecule has 1 fully saturated rings. The molecule has 0 radical (unpaired) electrons. The number of guanidine groups is 1. The second-order valence-electron chi connectivity index (χ2n) is 6.61. The fourth-order valence-corrected chi connectivity index (χ4v) is 3.23. The van der Waals surface area contributed by atoms with Crippen molar-refractivity contribution in [3.63, 3.8) is 0 Å². The fraction of sp³-hybridized carbons (Fsp3) is 0.450. The molecule has 1 N–H and O–H groups in total. The minimum Gasteiger partial charge on any atom is -0.375 e. The molecule has 7 nitrogen and oxygen atoms in total. The summed E-state index contributed by atoms with van der Waals surface area (Å²) in [6.07, 6.45) is 4.64. The predicted octanol–water partition coefficient (Wildman–Crippen LogP) is 2.32. The number of benzene rings is 1. The smallest absolute Gasteiger partial charge is 0.225 e. The van der Waals surface area contributed by atoms with Gasteiger partial charge in [0.1, 0.15) is 0 Å². The summed E-state index contributed by atoms with van der Waals surface area (Å²) in [7, 11) is 3.99. The number of aliphatic imine (C=N–C) groups is 1. The number of rotatable bonds is 6. The summed E-state index contributed by atoms with van der Waals surface area (Å²) in [6.45, 7) is 5.56. The minimum absolute atomic E-state index is 0. The van der Waals surface area contributed by atoms with E-state index in [0.717, 1.165) is 57.6 Å². The first kappa shape index (κ1) is 22.2. The van der Waals surface area contributed by atoms with E-state index in [9.17, 15) is 0 Å². The number of nitrogens with zero attached hydrogens (tertiary/aromatic N) is 6. The molecule has 152 valence electrons. The van der Waals surface area contributed by atoms with Crippen LogP contribution in [0.1, 0.15) is 6.42 Å². The molecule has 0 spiro atoms. The Bertz CT molecular complexity index is 703. The molecule has 2 aromatic rings. The van der Waals surface area contributed by atoms with E-state index in [1.807, 2.05) is 19.2 Å². The van der Waals surface area contributed by atoms with E-state index in [0.29, 0.717) is 0 Å². The number of para-hydroxylation sites is 1. The van der Waals surface area contributed by atoms with Crippen LogP contribution in [0.15, 0.2) is 53.8 Å². The second-order valence-corrected chi connectivity index (χ2v) is 6.61. The number of hydrogen-bond acceptors (Lipinski definition) is 5. The molecule has 28 heavy (non-hydrogen) atoms. The largest absolute Gasteiger partial charge is 0.375 e. The van der Waals surface area contributed by atoms with Gasteiger partial charge in [-0.2, -0.15) is 0 Å². The molecule has 1 aromatic carbocycles. The van der Waals surface area contributed by atoms with Crippen molar-refractivity contribution in [1.82, 2.24) is 20.2 Å². The number of nitrogens with one attached hydrogen (secondary N) is 1. The normalized spacial score (nSPS) is 14.4. The van der Waals surface area contributed by atoms with Crippen LogP contribution in [0.25, 0.3) is 0 Å². The van der Waals surface area contributed by atoms with E-state index in [-0.39, 0.29) is 24.0 Å². The van der Waals surface area contributed by atoms with Crippen molar-refractivity contribution < 1.29 is 0 Å². The van der Waals surface area contributed by atoms with E-state index in [2.05, 4.69) is 66.3 Å². The standard InChI is InChI=1S/C20H29N7.HI/c1-21-19(22-12-7-13-25(2)18-8-4-3-5-9-18)26-14-16-27(17-15-26)20-23-10-6-11-24-20;/h3-6,8-11H,7,12-17H2,1-2H3,(H,21,22);1H. The van der Waals surface area contributed by atoms with Gasteiger partial charge in [0.15, 0.2) is 5.96 Å². The van der Waals surface area contributed by atoms with Gasteiger partial charge in [-0.1, -0.05) is 18.2 Å². The van der Waals surface area contributed by atoms with E-state index in [1.165, 1.54) is 5.69 Å². The van der Waals surface area contributed by atoms with Crippen molar-refractivity contribution >= 4 is 41.6 Å². The first-order chi connectivity index (χ1) is 13.3. The van der Waals surface area contributed by atoms with Gasteiger partial charge < -0.3 is 20.0 Å². The first-order valence-electron chi connectivity index (χ1n) is 9.51. The van der Waals surface area contributed by atoms with Gasteiger partial charge >= 0.3 is 0 Å². The summed E-state index contributed by atoms with van der Waals surface area (Å²) < 4.78 is 0. The van der Waals surface area contributed by atoms with Crippen LogP contribution >= 0.6 is 24.0 Å². The lowest BCUT2D eigenvalue weighted by atomic mass is 10.3. The Hall–Kier alpha value is -2.10. The molecule has 1 aliphatic heterocycles. The highest BCUT2D eigenvalue weighted by molar-refractivity contribution is 14.0. The van der Waals surface area contributed by atoms with E-state index >= 15 is 0 Å². The topological polar surface area (TPSA) is 59.9 Å². The van der Waals surface area contributed by atoms with Crippen molar-refractivity contribution in [1.29, 1.82) is 0 Å². The Morgan fingerprint density at radius 1 is 1.07 bits per heavy atom. The summed E-state index contributed by atoms with van der Waals surface area (Å²) in [5.74, 6) is 1.79. The van der Waals surface area contributed by atoms with Gasteiger partial charge in [-0.3, -0.25) is 4.99 Å². The van der Waals surface area contributed by atoms with Crippen LogP contribution in [0.5, 0.6) is 0 Å². The molecule has 1 aromatic heterocycles. The SMILES string of the molecule is CN=C(NCCCN(C)c1ccccc1)N1CCN(c2ncccn2)CC1.I. The maximum absolute atomic E-state index is 4.45. The maximum Gasteiger partial charge on any atom is 0.225 e. The molecule has 3 rings (SSSR count).